The number of hydrogen-bond acceptors (Lipinski definition) is 4. The molecule has 0 saturated heterocycles. The Bertz CT molecular complexity index is 510. The fraction of sp³-hybridized carbons (Fsp3) is 0. The third-order valence-electron chi connectivity index (χ3n) is 1.76. The number of thiophene rings is 1. The van der Waals surface area contributed by atoms with Crippen molar-refractivity contribution < 1.29 is 5.11 Å². The van der Waals surface area contributed by atoms with Crippen LogP contribution in [0.2, 0.25) is 0 Å². The van der Waals surface area contributed by atoms with Crippen molar-refractivity contribution in [2.45, 2.75) is 4.90 Å². The van der Waals surface area contributed by atoms with E-state index < -0.39 is 0 Å². The van der Waals surface area contributed by atoms with Crippen molar-refractivity contribution in [3.63, 3.8) is 0 Å². The van der Waals surface area contributed by atoms with E-state index in [1.807, 2.05) is 0 Å². The van der Waals surface area contributed by atoms with Crippen molar-refractivity contribution in [1.29, 1.82) is 5.26 Å². The number of aromatic hydroxyl groups is 1. The quantitative estimate of drug-likeness (QED) is 0.652. The summed E-state index contributed by atoms with van der Waals surface area (Å²) in [6.07, 6.45) is 0. The number of benzene rings is 1. The molecule has 0 aliphatic heterocycles. The van der Waals surface area contributed by atoms with Crippen LogP contribution in [0.25, 0.3) is 10.1 Å². The lowest BCUT2D eigenvalue weighted by molar-refractivity contribution is 0.475. The summed E-state index contributed by atoms with van der Waals surface area (Å²) in [5.41, 5.74) is 0.616. The zero-order valence-electron chi connectivity index (χ0n) is 6.48. The van der Waals surface area contributed by atoms with E-state index in [0.29, 0.717) is 10.5 Å². The van der Waals surface area contributed by atoms with E-state index in [0.717, 1.165) is 10.1 Å². The van der Waals surface area contributed by atoms with Gasteiger partial charge in [0.2, 0.25) is 0 Å². The Hall–Kier alpha value is -1.18. The lowest BCUT2D eigenvalue weighted by Gasteiger charge is -1.97. The molecular formula is C9H5NOS2. The van der Waals surface area contributed by atoms with Gasteiger partial charge in [0, 0.05) is 20.4 Å². The van der Waals surface area contributed by atoms with Crippen molar-refractivity contribution >= 4 is 34.1 Å². The van der Waals surface area contributed by atoms with Crippen LogP contribution in [-0.2, 0) is 0 Å². The molecule has 1 N–H and O–H groups in total. The van der Waals surface area contributed by atoms with Gasteiger partial charge in [0.15, 0.2) is 0 Å². The van der Waals surface area contributed by atoms with Gasteiger partial charge in [0.25, 0.3) is 0 Å². The number of nitriles is 1. The third-order valence-corrected chi connectivity index (χ3v) is 3.04. The first kappa shape index (κ1) is 8.42. The highest BCUT2D eigenvalue weighted by molar-refractivity contribution is 7.80. The Balaban J connectivity index is 2.92. The van der Waals surface area contributed by atoms with E-state index in [1.54, 1.807) is 17.5 Å². The van der Waals surface area contributed by atoms with Gasteiger partial charge in [-0.05, 0) is 12.1 Å². The number of thiol groups is 1. The van der Waals surface area contributed by atoms with Crippen LogP contribution in [0.15, 0.2) is 22.4 Å². The van der Waals surface area contributed by atoms with Crippen molar-refractivity contribution in [1.82, 2.24) is 0 Å². The van der Waals surface area contributed by atoms with Crippen molar-refractivity contribution in [2.24, 2.45) is 0 Å². The van der Waals surface area contributed by atoms with E-state index in [2.05, 4.69) is 18.7 Å². The zero-order chi connectivity index (χ0) is 9.42. The summed E-state index contributed by atoms with van der Waals surface area (Å²) >= 11 is 5.64. The number of phenolic OH excluding ortho intramolecular Hbond substituents is 1. The first-order valence-electron chi connectivity index (χ1n) is 3.55. The highest BCUT2D eigenvalue weighted by Crippen LogP contribution is 2.33. The molecule has 0 spiro atoms. The predicted octanol–water partition coefficient (Wildman–Crippen LogP) is 2.77. The fourth-order valence-electron chi connectivity index (χ4n) is 1.21. The van der Waals surface area contributed by atoms with Gasteiger partial charge in [-0.2, -0.15) is 5.26 Å². The highest BCUT2D eigenvalue weighted by atomic mass is 32.1. The summed E-state index contributed by atoms with van der Waals surface area (Å²) in [5, 5.41) is 20.6. The van der Waals surface area contributed by atoms with Crippen LogP contribution in [0.3, 0.4) is 0 Å². The zero-order valence-corrected chi connectivity index (χ0v) is 8.19. The summed E-state index contributed by atoms with van der Waals surface area (Å²) in [4.78, 5) is 0.646. The topological polar surface area (TPSA) is 44.0 Å². The molecular weight excluding hydrogens is 202 g/mol. The Kier molecular flexibility index (Phi) is 1.91. The number of hydrogen-bond donors (Lipinski definition) is 2. The van der Waals surface area contributed by atoms with Gasteiger partial charge in [0.1, 0.15) is 11.8 Å². The molecule has 1 aromatic heterocycles. The maximum absolute atomic E-state index is 9.27. The Morgan fingerprint density at radius 2 is 2.23 bits per heavy atom. The first-order chi connectivity index (χ1) is 6.22. The molecule has 0 atom stereocenters. The Morgan fingerprint density at radius 3 is 2.92 bits per heavy atom. The molecule has 1 heterocycles. The van der Waals surface area contributed by atoms with Crippen molar-refractivity contribution in [2.75, 3.05) is 0 Å². The molecule has 13 heavy (non-hydrogen) atoms. The van der Waals surface area contributed by atoms with Gasteiger partial charge >= 0.3 is 0 Å². The van der Waals surface area contributed by atoms with Crippen LogP contribution in [0, 0.1) is 11.3 Å². The standard InChI is InChI=1S/C9H5NOS2/c10-3-5-4-13-8-2-6(11)1-7(12)9(5)8/h1-2,4,11-12H. The molecule has 2 rings (SSSR count). The minimum absolute atomic E-state index is 0.184. The molecule has 1 aromatic carbocycles. The van der Waals surface area contributed by atoms with Gasteiger partial charge in [-0.15, -0.1) is 24.0 Å². The molecule has 0 radical (unpaired) electrons. The summed E-state index contributed by atoms with van der Waals surface area (Å²) in [6.45, 7) is 0. The van der Waals surface area contributed by atoms with E-state index in [-0.39, 0.29) is 5.75 Å². The molecule has 0 aliphatic rings. The van der Waals surface area contributed by atoms with Crippen molar-refractivity contribution in [3.05, 3.63) is 23.1 Å². The van der Waals surface area contributed by atoms with Gasteiger partial charge in [-0.1, -0.05) is 0 Å². The van der Waals surface area contributed by atoms with Gasteiger partial charge < -0.3 is 5.11 Å². The molecule has 0 aliphatic carbocycles. The maximum atomic E-state index is 9.27. The molecule has 4 heteroatoms. The van der Waals surface area contributed by atoms with Crippen molar-refractivity contribution in [3.8, 4) is 11.8 Å². The maximum Gasteiger partial charge on any atom is 0.118 e. The van der Waals surface area contributed by atoms with Crippen LogP contribution >= 0.6 is 24.0 Å². The number of rotatable bonds is 0. The number of nitrogens with zero attached hydrogens (tertiary/aromatic N) is 1. The molecule has 2 nitrogen and oxygen atoms in total. The van der Waals surface area contributed by atoms with Crippen LogP contribution in [0.5, 0.6) is 5.75 Å². The normalized spacial score (nSPS) is 10.2. The lowest BCUT2D eigenvalue weighted by Crippen LogP contribution is -1.73. The van der Waals surface area contributed by atoms with E-state index in [4.69, 9.17) is 5.26 Å². The predicted molar refractivity (Wildman–Crippen MR) is 55.5 cm³/mol. The average molecular weight is 207 g/mol. The fourth-order valence-corrected chi connectivity index (χ4v) is 2.60. The smallest absolute Gasteiger partial charge is 0.118 e. The second kappa shape index (κ2) is 2.95. The summed E-state index contributed by atoms with van der Waals surface area (Å²) < 4.78 is 0.890. The van der Waals surface area contributed by atoms with Gasteiger partial charge in [-0.3, -0.25) is 0 Å². The van der Waals surface area contributed by atoms with E-state index >= 15 is 0 Å². The first-order valence-corrected chi connectivity index (χ1v) is 4.88. The summed E-state index contributed by atoms with van der Waals surface area (Å²) in [6, 6.07) is 5.27. The highest BCUT2D eigenvalue weighted by Gasteiger charge is 2.07. The Labute approximate surface area is 84.5 Å². The van der Waals surface area contributed by atoms with Crippen LogP contribution < -0.4 is 0 Å². The molecule has 0 unspecified atom stereocenters. The number of phenols is 1. The SMILES string of the molecule is N#Cc1csc2cc(O)cc(S)c12. The molecule has 0 fully saturated rings. The van der Waals surface area contributed by atoms with Crippen LogP contribution in [0.4, 0.5) is 0 Å². The van der Waals surface area contributed by atoms with Gasteiger partial charge in [0.05, 0.1) is 5.56 Å². The lowest BCUT2D eigenvalue weighted by atomic mass is 10.2. The second-order valence-electron chi connectivity index (χ2n) is 2.60. The summed E-state index contributed by atoms with van der Waals surface area (Å²) in [5.74, 6) is 0.184. The minimum atomic E-state index is 0.184. The molecule has 2 aromatic rings. The largest absolute Gasteiger partial charge is 0.508 e. The molecule has 64 valence electrons. The Morgan fingerprint density at radius 1 is 1.46 bits per heavy atom. The number of fused-ring (bicyclic) bond motifs is 1. The minimum Gasteiger partial charge on any atom is -0.508 e. The van der Waals surface area contributed by atoms with E-state index in [1.165, 1.54) is 11.3 Å². The molecule has 0 bridgehead atoms. The molecule has 0 saturated carbocycles. The van der Waals surface area contributed by atoms with Crippen LogP contribution in [-0.4, -0.2) is 5.11 Å². The average Bonchev–Trinajstić information content (AvgIpc) is 2.47. The monoisotopic (exact) mass is 207 g/mol. The molecule has 0 amide bonds. The van der Waals surface area contributed by atoms with Gasteiger partial charge in [-0.25, -0.2) is 0 Å². The third kappa shape index (κ3) is 1.26. The second-order valence-corrected chi connectivity index (χ2v) is 3.99. The van der Waals surface area contributed by atoms with Crippen LogP contribution in [0.1, 0.15) is 5.56 Å². The van der Waals surface area contributed by atoms with E-state index in [9.17, 15) is 5.11 Å². The summed E-state index contributed by atoms with van der Waals surface area (Å²) in [7, 11) is 0.